The van der Waals surface area contributed by atoms with Gasteiger partial charge in [-0.25, -0.2) is 0 Å². The molecule has 0 aliphatic heterocycles. The van der Waals surface area contributed by atoms with Crippen molar-refractivity contribution < 1.29 is 14.6 Å². The van der Waals surface area contributed by atoms with Crippen molar-refractivity contribution in [3.63, 3.8) is 0 Å². The third kappa shape index (κ3) is 6.10. The van der Waals surface area contributed by atoms with Crippen LogP contribution in [0.2, 0.25) is 0 Å². The number of carbonyl (C=O) groups excluding carboxylic acids is 1. The summed E-state index contributed by atoms with van der Waals surface area (Å²) in [7, 11) is 0. The Morgan fingerprint density at radius 3 is 2.48 bits per heavy atom. The van der Waals surface area contributed by atoms with Crippen molar-refractivity contribution in [2.24, 2.45) is 0 Å². The molecule has 0 aromatic heterocycles. The zero-order valence-electron chi connectivity index (χ0n) is 13.0. The molecule has 2 atom stereocenters. The van der Waals surface area contributed by atoms with Crippen LogP contribution in [-0.2, 0) is 4.79 Å². The maximum Gasteiger partial charge on any atom is 0.141 e. The summed E-state index contributed by atoms with van der Waals surface area (Å²) in [6, 6.07) is 7.64. The first-order chi connectivity index (χ1) is 9.93. The van der Waals surface area contributed by atoms with Gasteiger partial charge in [0, 0.05) is 12.6 Å². The minimum atomic E-state index is -0.551. The zero-order valence-corrected chi connectivity index (χ0v) is 13.0. The number of rotatable bonds is 9. The molecule has 0 amide bonds. The van der Waals surface area contributed by atoms with Gasteiger partial charge >= 0.3 is 0 Å². The van der Waals surface area contributed by atoms with E-state index in [4.69, 9.17) is 4.74 Å². The number of allylic oxidation sites excluding steroid dienone is 1. The van der Waals surface area contributed by atoms with Crippen molar-refractivity contribution >= 4 is 5.78 Å². The van der Waals surface area contributed by atoms with Gasteiger partial charge in [0.2, 0.25) is 0 Å². The van der Waals surface area contributed by atoms with Crippen LogP contribution in [-0.4, -0.2) is 36.2 Å². The number of carbonyl (C=O) groups is 1. The fourth-order valence-corrected chi connectivity index (χ4v) is 1.93. The van der Waals surface area contributed by atoms with Gasteiger partial charge in [-0.3, -0.25) is 4.79 Å². The number of hydrogen-bond acceptors (Lipinski definition) is 4. The molecule has 1 rings (SSSR count). The molecule has 4 heteroatoms. The Kier molecular flexibility index (Phi) is 7.12. The molecule has 0 saturated heterocycles. The minimum absolute atomic E-state index is 0.0638. The highest BCUT2D eigenvalue weighted by Gasteiger charge is 2.12. The molecule has 2 unspecified atom stereocenters. The van der Waals surface area contributed by atoms with Crippen molar-refractivity contribution in [1.29, 1.82) is 0 Å². The Bertz CT molecular complexity index is 454. The van der Waals surface area contributed by atoms with E-state index in [9.17, 15) is 9.90 Å². The zero-order chi connectivity index (χ0) is 15.8. The summed E-state index contributed by atoms with van der Waals surface area (Å²) in [5.74, 6) is 0.461. The van der Waals surface area contributed by atoms with Crippen LogP contribution >= 0.6 is 0 Å². The first-order valence-electron chi connectivity index (χ1n) is 7.21. The normalized spacial score (nSPS) is 13.8. The Hall–Kier alpha value is -1.65. The highest BCUT2D eigenvalue weighted by molar-refractivity contribution is 5.85. The summed E-state index contributed by atoms with van der Waals surface area (Å²) in [5, 5.41) is 12.9. The topological polar surface area (TPSA) is 58.6 Å². The maximum atomic E-state index is 11.5. The molecule has 0 saturated carbocycles. The van der Waals surface area contributed by atoms with Crippen LogP contribution in [0.15, 0.2) is 36.9 Å². The number of ketones is 1. The van der Waals surface area contributed by atoms with Crippen molar-refractivity contribution in [2.45, 2.75) is 38.8 Å². The van der Waals surface area contributed by atoms with Crippen molar-refractivity contribution in [3.8, 4) is 5.75 Å². The van der Waals surface area contributed by atoms with Crippen LogP contribution in [0.4, 0.5) is 0 Å². The summed E-state index contributed by atoms with van der Waals surface area (Å²) >= 11 is 0. The standard InChI is InChI=1S/C17H25NO3/c1-5-17(13(4)19)14-6-8-16(9-7-14)21-11-15(20)10-18-12(2)3/h5-9,12,15,17-18,20H,1,10-11H2,2-4H3. The molecule has 0 aliphatic carbocycles. The van der Waals surface area contributed by atoms with E-state index in [2.05, 4.69) is 11.9 Å². The van der Waals surface area contributed by atoms with E-state index in [1.54, 1.807) is 25.1 Å². The molecule has 0 bridgehead atoms. The number of nitrogens with one attached hydrogen (secondary N) is 1. The fraction of sp³-hybridized carbons (Fsp3) is 0.471. The minimum Gasteiger partial charge on any atom is -0.491 e. The third-order valence-corrected chi connectivity index (χ3v) is 3.12. The second-order valence-electron chi connectivity index (χ2n) is 5.42. The van der Waals surface area contributed by atoms with E-state index in [0.29, 0.717) is 18.3 Å². The lowest BCUT2D eigenvalue weighted by atomic mass is 9.96. The molecule has 21 heavy (non-hydrogen) atoms. The second-order valence-corrected chi connectivity index (χ2v) is 5.42. The molecular formula is C17H25NO3. The molecule has 2 N–H and O–H groups in total. The predicted octanol–water partition coefficient (Wildman–Crippen LogP) is 2.28. The van der Waals surface area contributed by atoms with Gasteiger partial charge in [0.1, 0.15) is 24.2 Å². The van der Waals surface area contributed by atoms with Crippen LogP contribution < -0.4 is 10.1 Å². The van der Waals surface area contributed by atoms with Gasteiger partial charge in [-0.05, 0) is 24.6 Å². The number of aliphatic hydroxyl groups excluding tert-OH is 1. The summed E-state index contributed by atoms with van der Waals surface area (Å²) in [6.45, 7) is 10.0. The fourth-order valence-electron chi connectivity index (χ4n) is 1.93. The van der Waals surface area contributed by atoms with Gasteiger partial charge in [0.15, 0.2) is 0 Å². The SMILES string of the molecule is C=CC(C(C)=O)c1ccc(OCC(O)CNC(C)C)cc1. The van der Waals surface area contributed by atoms with Crippen molar-refractivity contribution in [3.05, 3.63) is 42.5 Å². The predicted molar refractivity (Wildman–Crippen MR) is 84.7 cm³/mol. The van der Waals surface area contributed by atoms with Gasteiger partial charge in [-0.1, -0.05) is 32.1 Å². The third-order valence-electron chi connectivity index (χ3n) is 3.12. The number of hydrogen-bond donors (Lipinski definition) is 2. The molecule has 1 aromatic carbocycles. The van der Waals surface area contributed by atoms with E-state index in [0.717, 1.165) is 5.56 Å². The summed E-state index contributed by atoms with van der Waals surface area (Å²) in [6.07, 6.45) is 1.09. The van der Waals surface area contributed by atoms with Crippen LogP contribution in [0.5, 0.6) is 5.75 Å². The van der Waals surface area contributed by atoms with E-state index in [1.165, 1.54) is 0 Å². The largest absolute Gasteiger partial charge is 0.491 e. The Morgan fingerprint density at radius 2 is 2.00 bits per heavy atom. The first kappa shape index (κ1) is 17.4. The quantitative estimate of drug-likeness (QED) is 0.685. The van der Waals surface area contributed by atoms with E-state index < -0.39 is 6.10 Å². The smallest absolute Gasteiger partial charge is 0.141 e. The van der Waals surface area contributed by atoms with Gasteiger partial charge in [-0.15, -0.1) is 6.58 Å². The lowest BCUT2D eigenvalue weighted by molar-refractivity contribution is -0.117. The average molecular weight is 291 g/mol. The number of benzene rings is 1. The van der Waals surface area contributed by atoms with E-state index in [-0.39, 0.29) is 18.3 Å². The highest BCUT2D eigenvalue weighted by atomic mass is 16.5. The number of aliphatic hydroxyl groups is 1. The first-order valence-corrected chi connectivity index (χ1v) is 7.21. The van der Waals surface area contributed by atoms with Crippen LogP contribution in [0.25, 0.3) is 0 Å². The van der Waals surface area contributed by atoms with Crippen LogP contribution in [0.1, 0.15) is 32.3 Å². The lowest BCUT2D eigenvalue weighted by Crippen LogP contribution is -2.35. The summed E-state index contributed by atoms with van der Waals surface area (Å²) < 4.78 is 5.53. The molecule has 4 nitrogen and oxygen atoms in total. The molecule has 1 aromatic rings. The molecule has 0 aliphatic rings. The second kappa shape index (κ2) is 8.60. The molecular weight excluding hydrogens is 266 g/mol. The number of Topliss-reactive ketones (excluding diaryl/α,β-unsaturated/α-hetero) is 1. The monoisotopic (exact) mass is 291 g/mol. The molecule has 0 fully saturated rings. The molecule has 0 radical (unpaired) electrons. The van der Waals surface area contributed by atoms with Crippen LogP contribution in [0, 0.1) is 0 Å². The molecule has 0 heterocycles. The molecule has 116 valence electrons. The van der Waals surface area contributed by atoms with Gasteiger partial charge in [0.05, 0.1) is 5.92 Å². The summed E-state index contributed by atoms with van der Waals surface area (Å²) in [5.41, 5.74) is 0.895. The highest BCUT2D eigenvalue weighted by Crippen LogP contribution is 2.21. The van der Waals surface area contributed by atoms with Crippen molar-refractivity contribution in [1.82, 2.24) is 5.32 Å². The molecule has 0 spiro atoms. The Balaban J connectivity index is 2.51. The number of ether oxygens (including phenoxy) is 1. The lowest BCUT2D eigenvalue weighted by Gasteiger charge is -2.15. The van der Waals surface area contributed by atoms with Gasteiger partial charge < -0.3 is 15.2 Å². The van der Waals surface area contributed by atoms with Gasteiger partial charge in [-0.2, -0.15) is 0 Å². The maximum absolute atomic E-state index is 11.5. The van der Waals surface area contributed by atoms with E-state index >= 15 is 0 Å². The van der Waals surface area contributed by atoms with Gasteiger partial charge in [0.25, 0.3) is 0 Å². The van der Waals surface area contributed by atoms with Crippen molar-refractivity contribution in [2.75, 3.05) is 13.2 Å². The Labute approximate surface area is 126 Å². The van der Waals surface area contributed by atoms with Crippen LogP contribution in [0.3, 0.4) is 0 Å². The average Bonchev–Trinajstić information content (AvgIpc) is 2.44. The Morgan fingerprint density at radius 1 is 1.38 bits per heavy atom. The summed E-state index contributed by atoms with van der Waals surface area (Å²) in [4.78, 5) is 11.5. The van der Waals surface area contributed by atoms with E-state index in [1.807, 2.05) is 26.0 Å².